The summed E-state index contributed by atoms with van der Waals surface area (Å²) in [5.41, 5.74) is 0.752. The van der Waals surface area contributed by atoms with E-state index in [0.29, 0.717) is 11.4 Å². The van der Waals surface area contributed by atoms with Gasteiger partial charge >= 0.3 is 0 Å². The third-order valence-electron chi connectivity index (χ3n) is 6.77. The fraction of sp³-hybridized carbons (Fsp3) is 0.462. The Kier molecular flexibility index (Phi) is 7.67. The molecule has 0 unspecified atom stereocenters. The summed E-state index contributed by atoms with van der Waals surface area (Å²) in [6.45, 7) is 3.76. The summed E-state index contributed by atoms with van der Waals surface area (Å²) in [5.74, 6) is -0.309. The predicted molar refractivity (Wildman–Crippen MR) is 135 cm³/mol. The highest BCUT2D eigenvalue weighted by molar-refractivity contribution is 7.89. The number of carbonyl (C=O) groups excluding carboxylic acids is 2. The average molecular weight is 516 g/mol. The van der Waals surface area contributed by atoms with Crippen LogP contribution >= 0.6 is 0 Å². The van der Waals surface area contributed by atoms with E-state index in [1.165, 1.54) is 11.4 Å². The van der Waals surface area contributed by atoms with E-state index < -0.39 is 22.2 Å². The molecule has 0 spiro atoms. The lowest BCUT2D eigenvalue weighted by molar-refractivity contribution is -0.117. The molecule has 3 atom stereocenters. The van der Waals surface area contributed by atoms with Crippen molar-refractivity contribution < 1.29 is 27.9 Å². The van der Waals surface area contributed by atoms with Gasteiger partial charge in [-0.25, -0.2) is 8.42 Å². The first-order valence-electron chi connectivity index (χ1n) is 12.2. The molecule has 9 nitrogen and oxygen atoms in total. The first-order chi connectivity index (χ1) is 17.1. The second-order valence-electron chi connectivity index (χ2n) is 9.70. The van der Waals surface area contributed by atoms with Crippen molar-refractivity contribution in [3.05, 3.63) is 54.1 Å². The van der Waals surface area contributed by atoms with Crippen molar-refractivity contribution in [3.63, 3.8) is 0 Å². The maximum atomic E-state index is 13.5. The van der Waals surface area contributed by atoms with Crippen LogP contribution in [0.3, 0.4) is 0 Å². The summed E-state index contributed by atoms with van der Waals surface area (Å²) in [6, 6.07) is 12.6. The van der Waals surface area contributed by atoms with Crippen LogP contribution in [0.25, 0.3) is 0 Å². The molecule has 2 aromatic carbocycles. The van der Waals surface area contributed by atoms with E-state index in [0.717, 1.165) is 12.8 Å². The molecule has 0 aromatic heterocycles. The van der Waals surface area contributed by atoms with Crippen molar-refractivity contribution >= 4 is 27.5 Å². The maximum Gasteiger partial charge on any atom is 0.258 e. The number of aliphatic hydroxyl groups excluding tert-OH is 1. The number of aliphatic hydroxyl groups is 1. The van der Waals surface area contributed by atoms with E-state index in [2.05, 4.69) is 5.32 Å². The highest BCUT2D eigenvalue weighted by Gasteiger charge is 2.36. The lowest BCUT2D eigenvalue weighted by Gasteiger charge is -2.38. The molecule has 0 bridgehead atoms. The highest BCUT2D eigenvalue weighted by Crippen LogP contribution is 2.33. The second-order valence-corrected chi connectivity index (χ2v) is 11.7. The zero-order chi connectivity index (χ0) is 26.0. The predicted octanol–water partition coefficient (Wildman–Crippen LogP) is 2.58. The maximum absolute atomic E-state index is 13.5. The smallest absolute Gasteiger partial charge is 0.258 e. The van der Waals surface area contributed by atoms with Crippen molar-refractivity contribution in [2.75, 3.05) is 32.1 Å². The number of nitrogens with zero attached hydrogens (tertiary/aromatic N) is 2. The van der Waals surface area contributed by atoms with Crippen molar-refractivity contribution in [3.8, 4) is 5.75 Å². The number of amides is 2. The number of nitrogens with one attached hydrogen (secondary N) is 1. The Morgan fingerprint density at radius 1 is 1.22 bits per heavy atom. The van der Waals surface area contributed by atoms with Crippen molar-refractivity contribution in [1.29, 1.82) is 0 Å². The van der Waals surface area contributed by atoms with Gasteiger partial charge in [0.05, 0.1) is 29.7 Å². The number of hydrogen-bond donors (Lipinski definition) is 2. The van der Waals surface area contributed by atoms with Gasteiger partial charge in [-0.15, -0.1) is 0 Å². The Balaban J connectivity index is 1.65. The molecule has 0 saturated heterocycles. The SMILES string of the molecule is C[C@H](CO)N1C[C@H](C)[C@@H](CN(C)S(=O)(=O)c2ccccc2)Oc2ccc(NC(=O)C3CC3)cc2C1=O. The summed E-state index contributed by atoms with van der Waals surface area (Å²) in [6.07, 6.45) is 1.15. The summed E-state index contributed by atoms with van der Waals surface area (Å²) in [5, 5.41) is 12.7. The van der Waals surface area contributed by atoms with E-state index in [4.69, 9.17) is 4.74 Å². The molecule has 1 heterocycles. The minimum atomic E-state index is -3.74. The minimum Gasteiger partial charge on any atom is -0.488 e. The molecule has 2 amide bonds. The van der Waals surface area contributed by atoms with Gasteiger partial charge in [-0.2, -0.15) is 4.31 Å². The normalized spacial score (nSPS) is 21.2. The molecule has 1 saturated carbocycles. The van der Waals surface area contributed by atoms with Crippen LogP contribution in [-0.2, 0) is 14.8 Å². The molecule has 36 heavy (non-hydrogen) atoms. The van der Waals surface area contributed by atoms with Crippen molar-refractivity contribution in [2.24, 2.45) is 11.8 Å². The van der Waals surface area contributed by atoms with Crippen LogP contribution in [0.1, 0.15) is 37.0 Å². The van der Waals surface area contributed by atoms with Crippen LogP contribution in [0.2, 0.25) is 0 Å². The largest absolute Gasteiger partial charge is 0.488 e. The summed E-state index contributed by atoms with van der Waals surface area (Å²) in [7, 11) is -2.23. The van der Waals surface area contributed by atoms with Crippen LogP contribution in [-0.4, -0.2) is 73.4 Å². The monoisotopic (exact) mass is 515 g/mol. The number of anilines is 1. The summed E-state index contributed by atoms with van der Waals surface area (Å²) in [4.78, 5) is 27.5. The number of sulfonamides is 1. The quantitative estimate of drug-likeness (QED) is 0.558. The Hall–Kier alpha value is -2.95. The van der Waals surface area contributed by atoms with Gasteiger partial charge in [-0.05, 0) is 50.1 Å². The molecule has 194 valence electrons. The molecule has 1 aliphatic heterocycles. The van der Waals surface area contributed by atoms with Gasteiger partial charge in [0.15, 0.2) is 0 Å². The summed E-state index contributed by atoms with van der Waals surface area (Å²) >= 11 is 0. The molecule has 1 fully saturated rings. The molecular weight excluding hydrogens is 482 g/mol. The zero-order valence-electron chi connectivity index (χ0n) is 20.8. The van der Waals surface area contributed by atoms with Crippen LogP contribution < -0.4 is 10.1 Å². The van der Waals surface area contributed by atoms with Crippen LogP contribution in [0.15, 0.2) is 53.4 Å². The highest BCUT2D eigenvalue weighted by atomic mass is 32.2. The molecule has 0 radical (unpaired) electrons. The van der Waals surface area contributed by atoms with E-state index in [-0.39, 0.29) is 53.8 Å². The van der Waals surface area contributed by atoms with Gasteiger partial charge < -0.3 is 20.1 Å². The van der Waals surface area contributed by atoms with Crippen LogP contribution in [0.4, 0.5) is 5.69 Å². The molecule has 10 heteroatoms. The van der Waals surface area contributed by atoms with Gasteiger partial charge in [0.25, 0.3) is 5.91 Å². The molecule has 1 aliphatic carbocycles. The number of likely N-dealkylation sites (N-methyl/N-ethyl adjacent to an activating group) is 1. The molecular formula is C26H33N3O6S. The van der Waals surface area contributed by atoms with Gasteiger partial charge in [-0.3, -0.25) is 9.59 Å². The number of carbonyl (C=O) groups is 2. The number of fused-ring (bicyclic) bond motifs is 1. The fourth-order valence-electron chi connectivity index (χ4n) is 4.23. The number of benzene rings is 2. The van der Waals surface area contributed by atoms with Crippen molar-refractivity contribution in [2.45, 2.75) is 43.7 Å². The molecule has 2 aromatic rings. The topological polar surface area (TPSA) is 116 Å². The van der Waals surface area contributed by atoms with Gasteiger partial charge in [0.1, 0.15) is 11.9 Å². The summed E-state index contributed by atoms with van der Waals surface area (Å²) < 4.78 is 33.8. The van der Waals surface area contributed by atoms with Crippen LogP contribution in [0, 0.1) is 11.8 Å². The molecule has 2 aliphatic rings. The second kappa shape index (κ2) is 10.6. The number of hydrogen-bond acceptors (Lipinski definition) is 6. The van der Waals surface area contributed by atoms with Gasteiger partial charge in [-0.1, -0.05) is 25.1 Å². The Bertz CT molecular complexity index is 1220. The first-order valence-corrected chi connectivity index (χ1v) is 13.6. The zero-order valence-corrected chi connectivity index (χ0v) is 21.6. The fourth-order valence-corrected chi connectivity index (χ4v) is 5.44. The van der Waals surface area contributed by atoms with Crippen LogP contribution in [0.5, 0.6) is 5.75 Å². The average Bonchev–Trinajstić information content (AvgIpc) is 3.72. The number of rotatable bonds is 8. The third-order valence-corrected chi connectivity index (χ3v) is 8.61. The Labute approximate surface area is 212 Å². The lowest BCUT2D eigenvalue weighted by Crippen LogP contribution is -2.50. The van der Waals surface area contributed by atoms with E-state index >= 15 is 0 Å². The molecule has 4 rings (SSSR count). The third kappa shape index (κ3) is 5.55. The first kappa shape index (κ1) is 26.1. The minimum absolute atomic E-state index is 0.0113. The standard InChI is InChI=1S/C26H33N3O6S/c1-17-14-29(18(2)16-30)26(32)22-13-20(27-25(31)19-9-10-19)11-12-23(22)35-24(17)15-28(3)36(33,34)21-7-5-4-6-8-21/h4-8,11-13,17-19,24,30H,9-10,14-16H2,1-3H3,(H,27,31)/t17-,18+,24+/m0/s1. The molecule has 2 N–H and O–H groups in total. The van der Waals surface area contributed by atoms with E-state index in [9.17, 15) is 23.1 Å². The Morgan fingerprint density at radius 2 is 1.92 bits per heavy atom. The van der Waals surface area contributed by atoms with E-state index in [1.54, 1.807) is 60.4 Å². The Morgan fingerprint density at radius 3 is 2.56 bits per heavy atom. The van der Waals surface area contributed by atoms with Crippen molar-refractivity contribution in [1.82, 2.24) is 9.21 Å². The number of ether oxygens (including phenoxy) is 1. The van der Waals surface area contributed by atoms with E-state index in [1.807, 2.05) is 6.92 Å². The van der Waals surface area contributed by atoms with Gasteiger partial charge in [0, 0.05) is 31.1 Å². The van der Waals surface area contributed by atoms with Gasteiger partial charge in [0.2, 0.25) is 15.9 Å². The lowest BCUT2D eigenvalue weighted by atomic mass is 9.99.